The number of carbonyl (C=O) groups excluding carboxylic acids is 1. The van der Waals surface area contributed by atoms with Crippen molar-refractivity contribution < 1.29 is 4.79 Å². The fourth-order valence-corrected chi connectivity index (χ4v) is 1.95. The van der Waals surface area contributed by atoms with Crippen LogP contribution in [0.1, 0.15) is 19.4 Å². The van der Waals surface area contributed by atoms with Crippen LogP contribution in [0.3, 0.4) is 0 Å². The first-order valence-corrected chi connectivity index (χ1v) is 5.28. The van der Waals surface area contributed by atoms with E-state index in [0.29, 0.717) is 17.8 Å². The lowest BCUT2D eigenvalue weighted by Gasteiger charge is -2.08. The first-order valence-electron chi connectivity index (χ1n) is 5.28. The van der Waals surface area contributed by atoms with Crippen molar-refractivity contribution in [3.63, 3.8) is 0 Å². The van der Waals surface area contributed by atoms with Gasteiger partial charge in [-0.1, -0.05) is 0 Å². The molecule has 0 N–H and O–H groups in total. The monoisotopic (exact) mass is 235 g/mol. The molecule has 0 saturated heterocycles. The van der Waals surface area contributed by atoms with E-state index >= 15 is 0 Å². The molecule has 1 aromatic rings. The van der Waals surface area contributed by atoms with Gasteiger partial charge in [-0.3, -0.25) is 18.7 Å². The summed E-state index contributed by atoms with van der Waals surface area (Å²) in [6.07, 6.45) is 0.445. The van der Waals surface area contributed by atoms with E-state index in [9.17, 15) is 14.4 Å². The molecule has 1 aliphatic rings. The van der Waals surface area contributed by atoms with E-state index < -0.39 is 11.2 Å². The van der Waals surface area contributed by atoms with Gasteiger partial charge in [0.1, 0.15) is 11.6 Å². The molecular weight excluding hydrogens is 222 g/mol. The van der Waals surface area contributed by atoms with Gasteiger partial charge < -0.3 is 0 Å². The topological polar surface area (TPSA) is 73.4 Å². The lowest BCUT2D eigenvalue weighted by Crippen LogP contribution is -2.41. The molecule has 6 nitrogen and oxygen atoms in total. The van der Waals surface area contributed by atoms with Gasteiger partial charge in [0.05, 0.1) is 12.1 Å². The van der Waals surface area contributed by atoms with E-state index in [-0.39, 0.29) is 12.3 Å². The van der Waals surface area contributed by atoms with Crippen molar-refractivity contribution in [2.75, 3.05) is 0 Å². The Kier molecular flexibility index (Phi) is 2.57. The summed E-state index contributed by atoms with van der Waals surface area (Å²) >= 11 is 0. The molecule has 0 unspecified atom stereocenters. The van der Waals surface area contributed by atoms with E-state index in [1.807, 2.05) is 0 Å². The summed E-state index contributed by atoms with van der Waals surface area (Å²) < 4.78 is 2.28. The summed E-state index contributed by atoms with van der Waals surface area (Å²) in [7, 11) is 1.55. The number of hydrogen-bond donors (Lipinski definition) is 0. The molecule has 0 aliphatic carbocycles. The minimum atomic E-state index is -0.498. The first-order chi connectivity index (χ1) is 7.91. The lowest BCUT2D eigenvalue weighted by atomic mass is 10.2. The largest absolute Gasteiger partial charge is 0.332 e. The second-order valence-electron chi connectivity index (χ2n) is 4.26. The molecule has 0 atom stereocenters. The second-order valence-corrected chi connectivity index (χ2v) is 4.26. The third-order valence-electron chi connectivity index (χ3n) is 2.72. The fourth-order valence-electron chi connectivity index (χ4n) is 1.95. The van der Waals surface area contributed by atoms with Crippen molar-refractivity contribution in [2.45, 2.75) is 26.8 Å². The summed E-state index contributed by atoms with van der Waals surface area (Å²) in [4.78, 5) is 39.2. The highest BCUT2D eigenvalue weighted by atomic mass is 16.2. The number of hydrogen-bond acceptors (Lipinski definition) is 4. The van der Waals surface area contributed by atoms with E-state index in [2.05, 4.69) is 4.99 Å². The number of aromatic nitrogens is 2. The standard InChI is InChI=1S/C11H13N3O3/c1-6-4-8-9(12-6)13(3)11(17)14(10(8)16)5-7(2)15/h4-5H2,1-3H3. The summed E-state index contributed by atoms with van der Waals surface area (Å²) in [5.41, 5.74) is 0.389. The zero-order valence-electron chi connectivity index (χ0n) is 9.98. The fraction of sp³-hybridized carbons (Fsp3) is 0.455. The number of nitrogens with zero attached hydrogens (tertiary/aromatic N) is 3. The van der Waals surface area contributed by atoms with Gasteiger partial charge in [-0.2, -0.15) is 0 Å². The zero-order chi connectivity index (χ0) is 12.7. The van der Waals surface area contributed by atoms with Crippen LogP contribution in [0.5, 0.6) is 0 Å². The highest BCUT2D eigenvalue weighted by Crippen LogP contribution is 2.20. The third-order valence-corrected chi connectivity index (χ3v) is 2.72. The predicted octanol–water partition coefficient (Wildman–Crippen LogP) is -0.216. The predicted molar refractivity (Wildman–Crippen MR) is 63.1 cm³/mol. The number of fused-ring (bicyclic) bond motifs is 1. The van der Waals surface area contributed by atoms with Crippen LogP contribution in [0.15, 0.2) is 14.6 Å². The van der Waals surface area contributed by atoms with Crippen LogP contribution < -0.4 is 11.2 Å². The molecule has 0 spiro atoms. The first kappa shape index (κ1) is 11.5. The van der Waals surface area contributed by atoms with Gasteiger partial charge in [0.25, 0.3) is 5.56 Å². The van der Waals surface area contributed by atoms with Gasteiger partial charge in [-0.05, 0) is 13.8 Å². The summed E-state index contributed by atoms with van der Waals surface area (Å²) in [5.74, 6) is 0.192. The van der Waals surface area contributed by atoms with Gasteiger partial charge in [0.15, 0.2) is 0 Å². The highest BCUT2D eigenvalue weighted by molar-refractivity contribution is 5.91. The maximum Gasteiger partial charge on any atom is 0.332 e. The number of rotatable bonds is 2. The van der Waals surface area contributed by atoms with Crippen LogP contribution >= 0.6 is 0 Å². The van der Waals surface area contributed by atoms with Crippen molar-refractivity contribution in [2.24, 2.45) is 12.0 Å². The van der Waals surface area contributed by atoms with Crippen LogP contribution in [-0.4, -0.2) is 20.6 Å². The average Bonchev–Trinajstić information content (AvgIpc) is 2.63. The van der Waals surface area contributed by atoms with E-state index in [0.717, 1.165) is 10.3 Å². The SMILES string of the molecule is CC(=O)Cn1c(=O)c2c(n(C)c1=O)N=C(C)C2. The van der Waals surface area contributed by atoms with Crippen LogP contribution in [0.25, 0.3) is 0 Å². The molecule has 0 fully saturated rings. The minimum absolute atomic E-state index is 0.183. The van der Waals surface area contributed by atoms with Crippen molar-refractivity contribution >= 4 is 17.3 Å². The normalized spacial score (nSPS) is 13.5. The van der Waals surface area contributed by atoms with Crippen LogP contribution in [0.4, 0.5) is 5.82 Å². The molecule has 90 valence electrons. The maximum absolute atomic E-state index is 12.0. The number of aliphatic imine (C=N–C) groups is 1. The Balaban J connectivity index is 2.74. The zero-order valence-corrected chi connectivity index (χ0v) is 9.98. The highest BCUT2D eigenvalue weighted by Gasteiger charge is 2.22. The van der Waals surface area contributed by atoms with E-state index in [1.54, 1.807) is 14.0 Å². The molecule has 2 rings (SSSR count). The Morgan fingerprint density at radius 2 is 2.06 bits per heavy atom. The van der Waals surface area contributed by atoms with Gasteiger partial charge in [-0.15, -0.1) is 0 Å². The summed E-state index contributed by atoms with van der Waals surface area (Å²) in [6.45, 7) is 2.97. The Hall–Kier alpha value is -1.98. The van der Waals surface area contributed by atoms with Crippen molar-refractivity contribution in [3.8, 4) is 0 Å². The molecule has 0 radical (unpaired) electrons. The van der Waals surface area contributed by atoms with Crippen LogP contribution in [0, 0.1) is 0 Å². The van der Waals surface area contributed by atoms with Gasteiger partial charge in [0.2, 0.25) is 0 Å². The molecular formula is C11H13N3O3. The quantitative estimate of drug-likeness (QED) is 0.711. The molecule has 2 heterocycles. The molecule has 17 heavy (non-hydrogen) atoms. The van der Waals surface area contributed by atoms with Crippen molar-refractivity contribution in [1.29, 1.82) is 0 Å². The molecule has 1 aliphatic heterocycles. The number of ketones is 1. The Morgan fingerprint density at radius 1 is 1.41 bits per heavy atom. The Morgan fingerprint density at radius 3 is 2.65 bits per heavy atom. The Bertz CT molecular complexity index is 649. The second kappa shape index (κ2) is 3.80. The van der Waals surface area contributed by atoms with Gasteiger partial charge in [0, 0.05) is 19.2 Å². The summed E-state index contributed by atoms with van der Waals surface area (Å²) in [5, 5.41) is 0. The maximum atomic E-state index is 12.0. The van der Waals surface area contributed by atoms with Gasteiger partial charge >= 0.3 is 5.69 Å². The third kappa shape index (κ3) is 1.75. The Labute approximate surface area is 97.2 Å². The molecule has 0 aromatic carbocycles. The van der Waals surface area contributed by atoms with E-state index in [1.165, 1.54) is 11.5 Å². The molecule has 1 aromatic heterocycles. The lowest BCUT2D eigenvalue weighted by molar-refractivity contribution is -0.117. The van der Waals surface area contributed by atoms with Crippen molar-refractivity contribution in [3.05, 3.63) is 26.4 Å². The summed E-state index contributed by atoms with van der Waals surface area (Å²) in [6, 6.07) is 0. The van der Waals surface area contributed by atoms with E-state index in [4.69, 9.17) is 0 Å². The molecule has 6 heteroatoms. The molecule has 0 saturated carbocycles. The molecule has 0 amide bonds. The minimum Gasteiger partial charge on any atom is -0.298 e. The van der Waals surface area contributed by atoms with Crippen LogP contribution in [0.2, 0.25) is 0 Å². The number of carbonyl (C=O) groups is 1. The van der Waals surface area contributed by atoms with Gasteiger partial charge in [-0.25, -0.2) is 9.79 Å². The molecule has 0 bridgehead atoms. The average molecular weight is 235 g/mol. The van der Waals surface area contributed by atoms with Crippen LogP contribution in [-0.2, 0) is 24.8 Å². The van der Waals surface area contributed by atoms with Crippen molar-refractivity contribution in [1.82, 2.24) is 9.13 Å². The smallest absolute Gasteiger partial charge is 0.298 e. The number of Topliss-reactive ketones (excluding diaryl/α,β-unsaturated/α-hetero) is 1.